The molecular weight excluding hydrogens is 254 g/mol. The number of hydrogen-bond acceptors (Lipinski definition) is 3. The molecule has 1 aromatic heterocycles. The fourth-order valence-electron chi connectivity index (χ4n) is 2.78. The maximum absolute atomic E-state index is 8.72. The maximum Gasteiger partial charge on any atom is 0.0540 e. The summed E-state index contributed by atoms with van der Waals surface area (Å²) in [6.45, 7) is 5.83. The van der Waals surface area contributed by atoms with E-state index in [2.05, 4.69) is 42.0 Å². The van der Waals surface area contributed by atoms with Crippen LogP contribution < -0.4 is 0 Å². The first-order valence-electron chi connectivity index (χ1n) is 7.17. The lowest BCUT2D eigenvalue weighted by Crippen LogP contribution is -2.33. The molecule has 2 heterocycles. The summed E-state index contributed by atoms with van der Waals surface area (Å²) in [6, 6.07) is 3.66. The molecule has 19 heavy (non-hydrogen) atoms. The Kier molecular flexibility index (Phi) is 5.45. The fraction of sp³-hybridized carbons (Fsp3) is 0.625. The minimum absolute atomic E-state index is 0.146. The zero-order valence-electron chi connectivity index (χ0n) is 11.9. The van der Waals surface area contributed by atoms with Gasteiger partial charge in [0.1, 0.15) is 0 Å². The quantitative estimate of drug-likeness (QED) is 0.854. The summed E-state index contributed by atoms with van der Waals surface area (Å²) in [5.41, 5.74) is 1.09. The molecule has 2 unspecified atom stereocenters. The third-order valence-electron chi connectivity index (χ3n) is 3.89. The standard InChI is InChI=1S/C16H23NOS/c1-3-15-8-7-13(2)17(15)11-16-10-14(12-19-16)6-4-5-9-18/h10,12-13,15,18H,3,5,7-9,11H2,1-2H3. The van der Waals surface area contributed by atoms with Crippen molar-refractivity contribution in [3.05, 3.63) is 21.9 Å². The van der Waals surface area contributed by atoms with Crippen molar-refractivity contribution in [3.8, 4) is 11.8 Å². The summed E-state index contributed by atoms with van der Waals surface area (Å²) in [7, 11) is 0. The minimum Gasteiger partial charge on any atom is -0.395 e. The first-order valence-corrected chi connectivity index (χ1v) is 8.05. The van der Waals surface area contributed by atoms with E-state index in [-0.39, 0.29) is 6.61 Å². The molecule has 3 heteroatoms. The summed E-state index contributed by atoms with van der Waals surface area (Å²) in [5.74, 6) is 6.09. The largest absolute Gasteiger partial charge is 0.395 e. The number of thiophene rings is 1. The van der Waals surface area contributed by atoms with Gasteiger partial charge in [-0.3, -0.25) is 4.90 Å². The van der Waals surface area contributed by atoms with Crippen LogP contribution in [0.25, 0.3) is 0 Å². The fourth-order valence-corrected chi connectivity index (χ4v) is 3.60. The molecule has 0 amide bonds. The monoisotopic (exact) mass is 277 g/mol. The van der Waals surface area contributed by atoms with E-state index in [0.29, 0.717) is 12.5 Å². The molecule has 0 spiro atoms. The van der Waals surface area contributed by atoms with Gasteiger partial charge in [-0.1, -0.05) is 18.8 Å². The maximum atomic E-state index is 8.72. The van der Waals surface area contributed by atoms with Crippen molar-refractivity contribution >= 4 is 11.3 Å². The first-order chi connectivity index (χ1) is 9.24. The zero-order valence-corrected chi connectivity index (χ0v) is 12.7. The Morgan fingerprint density at radius 3 is 3.05 bits per heavy atom. The minimum atomic E-state index is 0.146. The number of aliphatic hydroxyl groups is 1. The Labute approximate surface area is 120 Å². The van der Waals surface area contributed by atoms with Gasteiger partial charge in [0.2, 0.25) is 0 Å². The second kappa shape index (κ2) is 7.09. The van der Waals surface area contributed by atoms with Crippen LogP contribution in [-0.2, 0) is 6.54 Å². The lowest BCUT2D eigenvalue weighted by atomic mass is 10.1. The number of likely N-dealkylation sites (tertiary alicyclic amines) is 1. The third kappa shape index (κ3) is 3.82. The predicted molar refractivity (Wildman–Crippen MR) is 81.2 cm³/mol. The number of aliphatic hydroxyl groups excluding tert-OH is 1. The van der Waals surface area contributed by atoms with Crippen molar-refractivity contribution in [2.75, 3.05) is 6.61 Å². The van der Waals surface area contributed by atoms with Crippen molar-refractivity contribution in [1.29, 1.82) is 0 Å². The Balaban J connectivity index is 1.98. The average Bonchev–Trinajstić information content (AvgIpc) is 2.99. The molecule has 1 aromatic rings. The Hall–Kier alpha value is -0.820. The smallest absolute Gasteiger partial charge is 0.0540 e. The van der Waals surface area contributed by atoms with Crippen molar-refractivity contribution < 1.29 is 5.11 Å². The van der Waals surface area contributed by atoms with Gasteiger partial charge in [0, 0.05) is 40.9 Å². The second-order valence-corrected chi connectivity index (χ2v) is 6.23. The van der Waals surface area contributed by atoms with Crippen LogP contribution in [0.4, 0.5) is 0 Å². The van der Waals surface area contributed by atoms with Crippen molar-refractivity contribution in [1.82, 2.24) is 4.90 Å². The zero-order chi connectivity index (χ0) is 13.7. The van der Waals surface area contributed by atoms with E-state index in [9.17, 15) is 0 Å². The molecule has 1 aliphatic rings. The molecule has 1 saturated heterocycles. The molecule has 0 aliphatic carbocycles. The van der Waals surface area contributed by atoms with E-state index in [0.717, 1.165) is 18.2 Å². The summed E-state index contributed by atoms with van der Waals surface area (Å²) >= 11 is 1.80. The molecule has 0 aromatic carbocycles. The van der Waals surface area contributed by atoms with Gasteiger partial charge in [-0.15, -0.1) is 11.3 Å². The number of hydrogen-bond donors (Lipinski definition) is 1. The predicted octanol–water partition coefficient (Wildman–Crippen LogP) is 3.24. The van der Waals surface area contributed by atoms with E-state index in [1.807, 2.05) is 0 Å². The molecule has 0 radical (unpaired) electrons. The molecule has 2 atom stereocenters. The lowest BCUT2D eigenvalue weighted by molar-refractivity contribution is 0.191. The summed E-state index contributed by atoms with van der Waals surface area (Å²) in [5, 5.41) is 10.8. The van der Waals surface area contributed by atoms with Crippen molar-refractivity contribution in [2.45, 2.75) is 58.2 Å². The molecule has 2 rings (SSSR count). The molecule has 0 saturated carbocycles. The van der Waals surface area contributed by atoms with E-state index in [4.69, 9.17) is 5.11 Å². The van der Waals surface area contributed by atoms with Gasteiger partial charge in [-0.2, -0.15) is 0 Å². The van der Waals surface area contributed by atoms with Crippen molar-refractivity contribution in [2.24, 2.45) is 0 Å². The van der Waals surface area contributed by atoms with Gasteiger partial charge in [0.15, 0.2) is 0 Å². The number of rotatable bonds is 4. The van der Waals surface area contributed by atoms with Gasteiger partial charge in [0.25, 0.3) is 0 Å². The van der Waals surface area contributed by atoms with Crippen LogP contribution in [0.1, 0.15) is 50.0 Å². The first kappa shape index (κ1) is 14.6. The van der Waals surface area contributed by atoms with E-state index in [1.54, 1.807) is 11.3 Å². The molecule has 2 nitrogen and oxygen atoms in total. The van der Waals surface area contributed by atoms with E-state index < -0.39 is 0 Å². The second-order valence-electron chi connectivity index (χ2n) is 5.24. The normalized spacial score (nSPS) is 23.3. The molecular formula is C16H23NOS. The molecule has 104 valence electrons. The molecule has 1 aliphatic heterocycles. The Morgan fingerprint density at radius 1 is 1.47 bits per heavy atom. The average molecular weight is 277 g/mol. The summed E-state index contributed by atoms with van der Waals surface area (Å²) < 4.78 is 0. The van der Waals surface area contributed by atoms with E-state index >= 15 is 0 Å². The van der Waals surface area contributed by atoms with Crippen LogP contribution >= 0.6 is 11.3 Å². The molecule has 1 fully saturated rings. The van der Waals surface area contributed by atoms with E-state index in [1.165, 1.54) is 24.1 Å². The number of nitrogens with zero attached hydrogens (tertiary/aromatic N) is 1. The molecule has 1 N–H and O–H groups in total. The highest BCUT2D eigenvalue weighted by molar-refractivity contribution is 7.10. The highest BCUT2D eigenvalue weighted by Crippen LogP contribution is 2.29. The molecule has 0 bridgehead atoms. The van der Waals surface area contributed by atoms with Crippen LogP contribution in [0.5, 0.6) is 0 Å². The van der Waals surface area contributed by atoms with Crippen LogP contribution in [0.15, 0.2) is 11.4 Å². The summed E-state index contributed by atoms with van der Waals surface area (Å²) in [6.07, 6.45) is 4.48. The summed E-state index contributed by atoms with van der Waals surface area (Å²) in [4.78, 5) is 4.04. The lowest BCUT2D eigenvalue weighted by Gasteiger charge is -2.26. The highest BCUT2D eigenvalue weighted by Gasteiger charge is 2.29. The van der Waals surface area contributed by atoms with Crippen LogP contribution in [-0.4, -0.2) is 28.7 Å². The van der Waals surface area contributed by atoms with Gasteiger partial charge < -0.3 is 5.11 Å². The SMILES string of the molecule is CCC1CCC(C)N1Cc1cc(C#CCCO)cs1. The van der Waals surface area contributed by atoms with Crippen LogP contribution in [0.3, 0.4) is 0 Å². The van der Waals surface area contributed by atoms with Gasteiger partial charge >= 0.3 is 0 Å². The Bertz CT molecular complexity index is 457. The van der Waals surface area contributed by atoms with Gasteiger partial charge in [-0.05, 0) is 32.3 Å². The van der Waals surface area contributed by atoms with Crippen LogP contribution in [0, 0.1) is 11.8 Å². The Morgan fingerprint density at radius 2 is 2.32 bits per heavy atom. The third-order valence-corrected chi connectivity index (χ3v) is 4.81. The topological polar surface area (TPSA) is 23.5 Å². The van der Waals surface area contributed by atoms with Crippen molar-refractivity contribution in [3.63, 3.8) is 0 Å². The van der Waals surface area contributed by atoms with Gasteiger partial charge in [-0.25, -0.2) is 0 Å². The van der Waals surface area contributed by atoms with Gasteiger partial charge in [0.05, 0.1) is 6.61 Å². The highest BCUT2D eigenvalue weighted by atomic mass is 32.1. The van der Waals surface area contributed by atoms with Crippen LogP contribution in [0.2, 0.25) is 0 Å².